The SMILES string of the molecule is CC(C)CCC[C@@H](C)[C@H]1CC[C@H]2[C@@H]3CC[C@H]4C[C@H](N=C(C#Cc5ccccc5)C(F)(F)F)CC[C@]4(C)[C@H]3CC[C@]12C. The molecule has 4 saturated carbocycles. The molecule has 5 rings (SSSR count). The summed E-state index contributed by atoms with van der Waals surface area (Å²) in [6.07, 6.45) is 9.95. The molecular formula is C37H52F3N. The molecular weight excluding hydrogens is 515 g/mol. The minimum Gasteiger partial charge on any atom is -0.269 e. The van der Waals surface area contributed by atoms with Crippen molar-refractivity contribution in [3.63, 3.8) is 0 Å². The van der Waals surface area contributed by atoms with E-state index in [1.165, 1.54) is 51.4 Å². The van der Waals surface area contributed by atoms with E-state index in [0.717, 1.165) is 61.2 Å². The van der Waals surface area contributed by atoms with E-state index in [9.17, 15) is 13.2 Å². The van der Waals surface area contributed by atoms with Gasteiger partial charge in [0.25, 0.3) is 0 Å². The molecule has 4 heteroatoms. The minimum atomic E-state index is -4.51. The van der Waals surface area contributed by atoms with Crippen molar-refractivity contribution in [1.82, 2.24) is 0 Å². The van der Waals surface area contributed by atoms with Crippen LogP contribution in [0, 0.1) is 64.1 Å². The zero-order valence-corrected chi connectivity index (χ0v) is 26.1. The van der Waals surface area contributed by atoms with E-state index in [1.54, 1.807) is 24.3 Å². The molecule has 1 nitrogen and oxygen atoms in total. The summed E-state index contributed by atoms with van der Waals surface area (Å²) in [5.74, 6) is 10.4. The molecule has 0 heterocycles. The molecule has 41 heavy (non-hydrogen) atoms. The van der Waals surface area contributed by atoms with Crippen molar-refractivity contribution >= 4 is 5.71 Å². The van der Waals surface area contributed by atoms with Crippen LogP contribution in [0.15, 0.2) is 35.3 Å². The number of hydrogen-bond donors (Lipinski definition) is 0. The van der Waals surface area contributed by atoms with Gasteiger partial charge in [0.1, 0.15) is 0 Å². The van der Waals surface area contributed by atoms with Gasteiger partial charge in [-0.05, 0) is 128 Å². The average Bonchev–Trinajstić information content (AvgIpc) is 3.28. The maximum absolute atomic E-state index is 13.9. The normalized spacial score (nSPS) is 37.9. The van der Waals surface area contributed by atoms with E-state index >= 15 is 0 Å². The van der Waals surface area contributed by atoms with Gasteiger partial charge in [0.15, 0.2) is 5.71 Å². The van der Waals surface area contributed by atoms with Crippen LogP contribution in [0.1, 0.15) is 117 Å². The fourth-order valence-corrected chi connectivity index (χ4v) is 10.4. The van der Waals surface area contributed by atoms with Gasteiger partial charge in [-0.15, -0.1) is 0 Å². The molecule has 0 amide bonds. The van der Waals surface area contributed by atoms with E-state index in [1.807, 2.05) is 6.07 Å². The first-order valence-corrected chi connectivity index (χ1v) is 16.6. The third-order valence-corrected chi connectivity index (χ3v) is 12.5. The van der Waals surface area contributed by atoms with Crippen LogP contribution in [-0.2, 0) is 0 Å². The lowest BCUT2D eigenvalue weighted by molar-refractivity contribution is -0.116. The second kappa shape index (κ2) is 12.1. The second-order valence-corrected chi connectivity index (χ2v) is 15.2. The Hall–Kier alpha value is -1.76. The van der Waals surface area contributed by atoms with Crippen molar-refractivity contribution in [2.24, 2.45) is 57.2 Å². The first kappa shape index (κ1) is 30.7. The van der Waals surface area contributed by atoms with E-state index in [0.29, 0.717) is 16.9 Å². The number of rotatable bonds is 6. The summed E-state index contributed by atoms with van der Waals surface area (Å²) in [6, 6.07) is 8.62. The zero-order valence-electron chi connectivity index (χ0n) is 26.1. The van der Waals surface area contributed by atoms with Crippen LogP contribution in [-0.4, -0.2) is 17.9 Å². The Bertz CT molecular complexity index is 1130. The highest BCUT2D eigenvalue weighted by atomic mass is 19.4. The molecule has 0 N–H and O–H groups in total. The van der Waals surface area contributed by atoms with Gasteiger partial charge in [0.05, 0.1) is 6.04 Å². The van der Waals surface area contributed by atoms with E-state index in [-0.39, 0.29) is 11.5 Å². The number of nitrogens with zero attached hydrogens (tertiary/aromatic N) is 1. The van der Waals surface area contributed by atoms with Gasteiger partial charge in [-0.1, -0.05) is 78.0 Å². The average molecular weight is 568 g/mol. The highest BCUT2D eigenvalue weighted by Crippen LogP contribution is 2.68. The number of fused-ring (bicyclic) bond motifs is 5. The molecule has 0 bridgehead atoms. The molecule has 226 valence electrons. The zero-order chi connectivity index (χ0) is 29.4. The van der Waals surface area contributed by atoms with Gasteiger partial charge < -0.3 is 0 Å². The fraction of sp³-hybridized carbons (Fsp3) is 0.757. The van der Waals surface area contributed by atoms with Gasteiger partial charge in [-0.2, -0.15) is 13.2 Å². The van der Waals surface area contributed by atoms with E-state index in [4.69, 9.17) is 0 Å². The summed E-state index contributed by atoms with van der Waals surface area (Å²) in [4.78, 5) is 4.29. The summed E-state index contributed by atoms with van der Waals surface area (Å²) in [5.41, 5.74) is 0.395. The van der Waals surface area contributed by atoms with Crippen molar-refractivity contribution in [3.8, 4) is 11.8 Å². The monoisotopic (exact) mass is 567 g/mol. The molecule has 0 aromatic heterocycles. The van der Waals surface area contributed by atoms with Gasteiger partial charge in [0, 0.05) is 5.56 Å². The molecule has 0 saturated heterocycles. The Morgan fingerprint density at radius 3 is 2.32 bits per heavy atom. The molecule has 0 unspecified atom stereocenters. The molecule has 0 radical (unpaired) electrons. The Morgan fingerprint density at radius 2 is 1.61 bits per heavy atom. The predicted octanol–water partition coefficient (Wildman–Crippen LogP) is 10.5. The van der Waals surface area contributed by atoms with Crippen molar-refractivity contribution in [1.29, 1.82) is 0 Å². The van der Waals surface area contributed by atoms with Gasteiger partial charge in [0.2, 0.25) is 0 Å². The van der Waals surface area contributed by atoms with Crippen LogP contribution in [0.3, 0.4) is 0 Å². The lowest BCUT2D eigenvalue weighted by atomic mass is 9.44. The Kier molecular flexibility index (Phi) is 9.05. The minimum absolute atomic E-state index is 0.241. The highest BCUT2D eigenvalue weighted by molar-refractivity contribution is 6.05. The number of alkyl halides is 3. The van der Waals surface area contributed by atoms with Gasteiger partial charge in [-0.25, -0.2) is 0 Å². The second-order valence-electron chi connectivity index (χ2n) is 15.2. The lowest BCUT2D eigenvalue weighted by Gasteiger charge is -2.61. The standard InChI is InChI=1S/C37H52F3N/c1-25(2)10-9-11-26(3)31-17-18-32-30-16-15-28-24-29(20-22-35(28,4)33(30)21-23-36(31,32)5)41-34(37(38,39)40)19-14-27-12-7-6-8-13-27/h6-8,12-13,25-26,28-33H,9-11,15-18,20-24H2,1-5H3/t26-,28+,29-,30+,31-,32+,33+,35+,36-/m1/s1. The molecule has 9 atom stereocenters. The molecule has 4 aliphatic carbocycles. The van der Waals surface area contributed by atoms with Crippen molar-refractivity contribution in [2.75, 3.05) is 0 Å². The first-order valence-electron chi connectivity index (χ1n) is 16.6. The van der Waals surface area contributed by atoms with E-state index < -0.39 is 11.9 Å². The Labute approximate surface area is 247 Å². The summed E-state index contributed by atoms with van der Waals surface area (Å²) in [7, 11) is 0. The van der Waals surface area contributed by atoms with Crippen LogP contribution < -0.4 is 0 Å². The smallest absolute Gasteiger partial charge is 0.269 e. The topological polar surface area (TPSA) is 12.4 Å². The molecule has 0 spiro atoms. The molecule has 4 fully saturated rings. The van der Waals surface area contributed by atoms with Crippen LogP contribution in [0.4, 0.5) is 13.2 Å². The molecule has 0 aliphatic heterocycles. The quantitative estimate of drug-likeness (QED) is 0.239. The number of aliphatic imine (C=N–C) groups is 1. The Balaban J connectivity index is 1.27. The van der Waals surface area contributed by atoms with Crippen LogP contribution >= 0.6 is 0 Å². The first-order chi connectivity index (χ1) is 19.4. The molecule has 1 aromatic carbocycles. The molecule has 1 aromatic rings. The summed E-state index contributed by atoms with van der Waals surface area (Å²) in [5, 5.41) is 0. The Morgan fingerprint density at radius 1 is 0.902 bits per heavy atom. The largest absolute Gasteiger partial charge is 0.441 e. The summed E-state index contributed by atoms with van der Waals surface area (Å²) < 4.78 is 41.8. The number of hydrogen-bond acceptors (Lipinski definition) is 1. The maximum Gasteiger partial charge on any atom is 0.441 e. The van der Waals surface area contributed by atoms with Crippen molar-refractivity contribution in [3.05, 3.63) is 35.9 Å². The van der Waals surface area contributed by atoms with E-state index in [2.05, 4.69) is 51.5 Å². The van der Waals surface area contributed by atoms with Crippen LogP contribution in [0.25, 0.3) is 0 Å². The van der Waals surface area contributed by atoms with Crippen LogP contribution in [0.5, 0.6) is 0 Å². The third-order valence-electron chi connectivity index (χ3n) is 12.5. The molecule has 4 aliphatic rings. The third kappa shape index (κ3) is 6.31. The lowest BCUT2D eigenvalue weighted by Crippen LogP contribution is -2.54. The summed E-state index contributed by atoms with van der Waals surface area (Å²) >= 11 is 0. The highest BCUT2D eigenvalue weighted by Gasteiger charge is 2.60. The number of benzene rings is 1. The fourth-order valence-electron chi connectivity index (χ4n) is 10.4. The van der Waals surface area contributed by atoms with Gasteiger partial charge in [-0.3, -0.25) is 4.99 Å². The number of halogens is 3. The summed E-state index contributed by atoms with van der Waals surface area (Å²) in [6.45, 7) is 12.3. The van der Waals surface area contributed by atoms with Crippen molar-refractivity contribution in [2.45, 2.75) is 124 Å². The van der Waals surface area contributed by atoms with Crippen molar-refractivity contribution < 1.29 is 13.2 Å². The predicted molar refractivity (Wildman–Crippen MR) is 164 cm³/mol. The van der Waals surface area contributed by atoms with Gasteiger partial charge >= 0.3 is 6.18 Å². The maximum atomic E-state index is 13.9. The van der Waals surface area contributed by atoms with Crippen LogP contribution in [0.2, 0.25) is 0 Å².